The number of sulfonamides is 1. The number of benzene rings is 1. The molecule has 128 valence electrons. The lowest BCUT2D eigenvalue weighted by molar-refractivity contribution is -0.129. The van der Waals surface area contributed by atoms with Crippen molar-refractivity contribution in [3.63, 3.8) is 0 Å². The SMILES string of the molecule is CCCS(=O)(=O)NC[C@@H](Cc1cccc(F)c1)N1CCCC1=O. The Morgan fingerprint density at radius 2 is 2.17 bits per heavy atom. The minimum Gasteiger partial charge on any atom is -0.338 e. The van der Waals surface area contributed by atoms with Crippen molar-refractivity contribution in [2.75, 3.05) is 18.8 Å². The molecule has 0 unspecified atom stereocenters. The molecule has 0 saturated carbocycles. The molecule has 1 atom stereocenters. The summed E-state index contributed by atoms with van der Waals surface area (Å²) in [7, 11) is -3.34. The molecule has 1 aromatic rings. The van der Waals surface area contributed by atoms with Gasteiger partial charge < -0.3 is 4.90 Å². The minimum absolute atomic E-state index is 0.0288. The van der Waals surface area contributed by atoms with E-state index < -0.39 is 10.0 Å². The van der Waals surface area contributed by atoms with Crippen LogP contribution >= 0.6 is 0 Å². The van der Waals surface area contributed by atoms with Gasteiger partial charge in [0.25, 0.3) is 0 Å². The number of hydrogen-bond donors (Lipinski definition) is 1. The average molecular weight is 342 g/mol. The van der Waals surface area contributed by atoms with Gasteiger partial charge in [0, 0.05) is 25.6 Å². The van der Waals surface area contributed by atoms with E-state index in [9.17, 15) is 17.6 Å². The van der Waals surface area contributed by atoms with E-state index >= 15 is 0 Å². The summed E-state index contributed by atoms with van der Waals surface area (Å²) in [6.07, 6.45) is 2.23. The standard InChI is InChI=1S/C16H23FN2O3S/c1-2-9-23(21,22)18-12-15(19-8-4-7-16(19)20)11-13-5-3-6-14(17)10-13/h3,5-6,10,15,18H,2,4,7-9,11-12H2,1H3/t15-/m1/s1. The highest BCUT2D eigenvalue weighted by Gasteiger charge is 2.29. The predicted molar refractivity (Wildman–Crippen MR) is 86.9 cm³/mol. The third kappa shape index (κ3) is 5.28. The van der Waals surface area contributed by atoms with Crippen LogP contribution in [0.4, 0.5) is 4.39 Å². The lowest BCUT2D eigenvalue weighted by Crippen LogP contribution is -2.46. The summed E-state index contributed by atoms with van der Waals surface area (Å²) in [6.45, 7) is 2.58. The summed E-state index contributed by atoms with van der Waals surface area (Å²) >= 11 is 0. The minimum atomic E-state index is -3.34. The van der Waals surface area contributed by atoms with Gasteiger partial charge in [0.05, 0.1) is 5.75 Å². The fourth-order valence-corrected chi connectivity index (χ4v) is 3.98. The van der Waals surface area contributed by atoms with Gasteiger partial charge in [0.1, 0.15) is 5.82 Å². The van der Waals surface area contributed by atoms with Gasteiger partial charge in [-0.15, -0.1) is 0 Å². The Bertz CT molecular complexity index is 648. The molecule has 0 bridgehead atoms. The molecule has 1 aliphatic heterocycles. The second-order valence-corrected chi connectivity index (χ2v) is 7.77. The van der Waals surface area contributed by atoms with Gasteiger partial charge in [-0.2, -0.15) is 0 Å². The highest BCUT2D eigenvalue weighted by atomic mass is 32.2. The molecule has 23 heavy (non-hydrogen) atoms. The number of nitrogens with zero attached hydrogens (tertiary/aromatic N) is 1. The predicted octanol–water partition coefficient (Wildman–Crippen LogP) is 1.69. The van der Waals surface area contributed by atoms with Crippen LogP contribution in [-0.4, -0.2) is 44.1 Å². The van der Waals surface area contributed by atoms with Crippen LogP contribution in [0.1, 0.15) is 31.7 Å². The second-order valence-electron chi connectivity index (χ2n) is 5.85. The molecule has 7 heteroatoms. The van der Waals surface area contributed by atoms with E-state index in [4.69, 9.17) is 0 Å². The Balaban J connectivity index is 2.10. The third-order valence-electron chi connectivity index (χ3n) is 3.92. The van der Waals surface area contributed by atoms with E-state index in [1.54, 1.807) is 24.0 Å². The van der Waals surface area contributed by atoms with E-state index in [2.05, 4.69) is 4.72 Å². The Morgan fingerprint density at radius 3 is 2.78 bits per heavy atom. The van der Waals surface area contributed by atoms with Crippen LogP contribution in [0.2, 0.25) is 0 Å². The first-order valence-electron chi connectivity index (χ1n) is 7.92. The van der Waals surface area contributed by atoms with Crippen LogP contribution < -0.4 is 4.72 Å². The third-order valence-corrected chi connectivity index (χ3v) is 5.48. The molecule has 1 heterocycles. The second kappa shape index (κ2) is 7.88. The Morgan fingerprint density at radius 1 is 1.39 bits per heavy atom. The van der Waals surface area contributed by atoms with Crippen molar-refractivity contribution in [3.05, 3.63) is 35.6 Å². The van der Waals surface area contributed by atoms with Gasteiger partial charge in [-0.05, 0) is 37.0 Å². The number of carbonyl (C=O) groups excluding carboxylic acids is 1. The van der Waals surface area contributed by atoms with Crippen LogP contribution in [0.5, 0.6) is 0 Å². The fraction of sp³-hybridized carbons (Fsp3) is 0.562. The molecule has 1 aromatic carbocycles. The Labute approximate surface area is 136 Å². The van der Waals surface area contributed by atoms with E-state index in [0.717, 1.165) is 12.0 Å². The first-order valence-corrected chi connectivity index (χ1v) is 9.58. The van der Waals surface area contributed by atoms with Crippen LogP contribution in [-0.2, 0) is 21.2 Å². The smallest absolute Gasteiger partial charge is 0.222 e. The first-order chi connectivity index (χ1) is 10.9. The monoisotopic (exact) mass is 342 g/mol. The molecular formula is C16H23FN2O3S. The summed E-state index contributed by atoms with van der Waals surface area (Å²) in [6, 6.07) is 5.90. The van der Waals surface area contributed by atoms with Gasteiger partial charge in [-0.3, -0.25) is 4.79 Å². The molecule has 1 aliphatic rings. The Hall–Kier alpha value is -1.47. The van der Waals surface area contributed by atoms with Crippen molar-refractivity contribution < 1.29 is 17.6 Å². The summed E-state index contributed by atoms with van der Waals surface area (Å²) in [5, 5.41) is 0. The van der Waals surface area contributed by atoms with E-state index in [1.165, 1.54) is 12.1 Å². The van der Waals surface area contributed by atoms with Crippen molar-refractivity contribution in [2.45, 2.75) is 38.6 Å². The summed E-state index contributed by atoms with van der Waals surface area (Å²) in [5.74, 6) is -0.241. The highest BCUT2D eigenvalue weighted by molar-refractivity contribution is 7.89. The van der Waals surface area contributed by atoms with Gasteiger partial charge >= 0.3 is 0 Å². The number of likely N-dealkylation sites (tertiary alicyclic amines) is 1. The van der Waals surface area contributed by atoms with Gasteiger partial charge in [0.2, 0.25) is 15.9 Å². The quantitative estimate of drug-likeness (QED) is 0.782. The van der Waals surface area contributed by atoms with Crippen LogP contribution in [0.15, 0.2) is 24.3 Å². The highest BCUT2D eigenvalue weighted by Crippen LogP contribution is 2.17. The zero-order valence-electron chi connectivity index (χ0n) is 13.3. The number of amides is 1. The summed E-state index contributed by atoms with van der Waals surface area (Å²) < 4.78 is 39.7. The zero-order chi connectivity index (χ0) is 16.9. The van der Waals surface area contributed by atoms with Crippen molar-refractivity contribution in [3.8, 4) is 0 Å². The van der Waals surface area contributed by atoms with Crippen molar-refractivity contribution >= 4 is 15.9 Å². The maximum Gasteiger partial charge on any atom is 0.222 e. The van der Waals surface area contributed by atoms with Gasteiger partial charge in [-0.1, -0.05) is 19.1 Å². The number of carbonyl (C=O) groups is 1. The molecule has 1 saturated heterocycles. The fourth-order valence-electron chi connectivity index (χ4n) is 2.85. The van der Waals surface area contributed by atoms with Crippen LogP contribution in [0, 0.1) is 5.82 Å². The zero-order valence-corrected chi connectivity index (χ0v) is 14.1. The number of nitrogens with one attached hydrogen (secondary N) is 1. The van der Waals surface area contributed by atoms with Crippen LogP contribution in [0.25, 0.3) is 0 Å². The topological polar surface area (TPSA) is 66.5 Å². The molecule has 1 N–H and O–H groups in total. The number of halogens is 1. The van der Waals surface area contributed by atoms with Crippen molar-refractivity contribution in [1.29, 1.82) is 0 Å². The molecule has 1 fully saturated rings. The Kier molecular flexibility index (Phi) is 6.12. The van der Waals surface area contributed by atoms with Gasteiger partial charge in [0.15, 0.2) is 0 Å². The maximum absolute atomic E-state index is 13.4. The molecular weight excluding hydrogens is 319 g/mol. The average Bonchev–Trinajstić information content (AvgIpc) is 2.89. The number of hydrogen-bond acceptors (Lipinski definition) is 3. The number of rotatable bonds is 8. The molecule has 0 aliphatic carbocycles. The largest absolute Gasteiger partial charge is 0.338 e. The van der Waals surface area contributed by atoms with Crippen molar-refractivity contribution in [1.82, 2.24) is 9.62 Å². The lowest BCUT2D eigenvalue weighted by Gasteiger charge is -2.28. The van der Waals surface area contributed by atoms with Crippen LogP contribution in [0.3, 0.4) is 0 Å². The van der Waals surface area contributed by atoms with Gasteiger partial charge in [-0.25, -0.2) is 17.5 Å². The van der Waals surface area contributed by atoms with E-state index in [0.29, 0.717) is 25.8 Å². The summed E-state index contributed by atoms with van der Waals surface area (Å²) in [4.78, 5) is 13.7. The normalized spacial score (nSPS) is 16.8. The molecule has 2 rings (SSSR count). The summed E-state index contributed by atoms with van der Waals surface area (Å²) in [5.41, 5.74) is 0.754. The van der Waals surface area contributed by atoms with E-state index in [-0.39, 0.29) is 30.1 Å². The molecule has 0 aromatic heterocycles. The van der Waals surface area contributed by atoms with E-state index in [1.807, 2.05) is 0 Å². The first kappa shape index (κ1) is 17.9. The molecule has 5 nitrogen and oxygen atoms in total. The molecule has 1 amide bonds. The van der Waals surface area contributed by atoms with Crippen molar-refractivity contribution in [2.24, 2.45) is 0 Å². The maximum atomic E-state index is 13.4. The molecule has 0 spiro atoms. The molecule has 0 radical (unpaired) electrons. The lowest BCUT2D eigenvalue weighted by atomic mass is 10.0.